The Hall–Kier alpha value is -1.18. The van der Waals surface area contributed by atoms with Crippen molar-refractivity contribution in [3.05, 3.63) is 23.8 Å². The van der Waals surface area contributed by atoms with Crippen molar-refractivity contribution in [1.29, 1.82) is 0 Å². The van der Waals surface area contributed by atoms with Crippen LogP contribution in [0.3, 0.4) is 0 Å². The van der Waals surface area contributed by atoms with E-state index in [1.807, 2.05) is 12.1 Å². The summed E-state index contributed by atoms with van der Waals surface area (Å²) in [6.07, 6.45) is 2.06. The lowest BCUT2D eigenvalue weighted by Crippen LogP contribution is -2.39. The van der Waals surface area contributed by atoms with E-state index in [1.54, 1.807) is 7.05 Å². The Labute approximate surface area is 149 Å². The molecule has 2 N–H and O–H groups in total. The Bertz CT molecular complexity index is 492. The van der Waals surface area contributed by atoms with Gasteiger partial charge in [-0.15, -0.1) is 24.0 Å². The van der Waals surface area contributed by atoms with Gasteiger partial charge in [0, 0.05) is 20.1 Å². The zero-order valence-corrected chi connectivity index (χ0v) is 15.8. The maximum atomic E-state index is 5.38. The van der Waals surface area contributed by atoms with Crippen LogP contribution in [-0.4, -0.2) is 32.9 Å². The molecule has 1 aliphatic rings. The average Bonchev–Trinajstić information content (AvgIpc) is 2.92. The van der Waals surface area contributed by atoms with E-state index in [9.17, 15) is 0 Å². The molecule has 124 valence electrons. The fraction of sp³-hybridized carbons (Fsp3) is 0.562. The molecule has 2 rings (SSSR count). The molecule has 0 bridgehead atoms. The molecular formula is C16H26IN3O2. The van der Waals surface area contributed by atoms with Gasteiger partial charge in [0.1, 0.15) is 0 Å². The Morgan fingerprint density at radius 3 is 2.64 bits per heavy atom. The summed E-state index contributed by atoms with van der Waals surface area (Å²) < 4.78 is 10.7. The molecule has 1 aromatic carbocycles. The van der Waals surface area contributed by atoms with Crippen molar-refractivity contribution >= 4 is 29.9 Å². The summed E-state index contributed by atoms with van der Waals surface area (Å²) in [4.78, 5) is 4.22. The van der Waals surface area contributed by atoms with Crippen LogP contribution in [0.25, 0.3) is 0 Å². The van der Waals surface area contributed by atoms with Crippen LogP contribution in [0.15, 0.2) is 23.2 Å². The average molecular weight is 419 g/mol. The first-order valence-electron chi connectivity index (χ1n) is 7.52. The minimum absolute atomic E-state index is 0. The number of benzene rings is 1. The van der Waals surface area contributed by atoms with Crippen LogP contribution in [0, 0.1) is 5.92 Å². The Kier molecular flexibility index (Phi) is 8.37. The molecule has 0 unspecified atom stereocenters. The topological polar surface area (TPSA) is 54.9 Å². The number of hydrogen-bond acceptors (Lipinski definition) is 3. The van der Waals surface area contributed by atoms with Gasteiger partial charge in [-0.1, -0.05) is 19.9 Å². The molecule has 0 aliphatic carbocycles. The fourth-order valence-electron chi connectivity index (χ4n) is 2.12. The summed E-state index contributed by atoms with van der Waals surface area (Å²) in [6, 6.07) is 6.08. The largest absolute Gasteiger partial charge is 0.454 e. The highest BCUT2D eigenvalue weighted by Crippen LogP contribution is 2.32. The number of nitrogens with one attached hydrogen (secondary N) is 2. The van der Waals surface area contributed by atoms with Gasteiger partial charge in [-0.2, -0.15) is 0 Å². The Morgan fingerprint density at radius 2 is 1.91 bits per heavy atom. The summed E-state index contributed by atoms with van der Waals surface area (Å²) in [5, 5.41) is 6.65. The van der Waals surface area contributed by atoms with E-state index in [1.165, 1.54) is 5.56 Å². The van der Waals surface area contributed by atoms with Crippen molar-refractivity contribution < 1.29 is 9.47 Å². The van der Waals surface area contributed by atoms with Gasteiger partial charge in [0.2, 0.25) is 6.79 Å². The Balaban J connectivity index is 0.00000242. The molecule has 0 aromatic heterocycles. The fourth-order valence-corrected chi connectivity index (χ4v) is 2.12. The second-order valence-electron chi connectivity index (χ2n) is 5.55. The zero-order chi connectivity index (χ0) is 15.1. The molecule has 5 nitrogen and oxygen atoms in total. The molecule has 1 aromatic rings. The molecule has 1 aliphatic heterocycles. The summed E-state index contributed by atoms with van der Waals surface area (Å²) in [5.74, 6) is 3.23. The maximum Gasteiger partial charge on any atom is 0.231 e. The molecule has 0 radical (unpaired) electrons. The number of fused-ring (bicyclic) bond motifs is 1. The van der Waals surface area contributed by atoms with E-state index in [0.29, 0.717) is 12.7 Å². The third-order valence-corrected chi connectivity index (χ3v) is 3.38. The van der Waals surface area contributed by atoms with Crippen LogP contribution in [0.4, 0.5) is 0 Å². The van der Waals surface area contributed by atoms with Crippen LogP contribution in [-0.2, 0) is 6.42 Å². The molecule has 22 heavy (non-hydrogen) atoms. The lowest BCUT2D eigenvalue weighted by molar-refractivity contribution is 0.174. The minimum Gasteiger partial charge on any atom is -0.454 e. The summed E-state index contributed by atoms with van der Waals surface area (Å²) in [7, 11) is 1.80. The smallest absolute Gasteiger partial charge is 0.231 e. The number of ether oxygens (including phenoxy) is 2. The first-order valence-corrected chi connectivity index (χ1v) is 7.52. The first-order chi connectivity index (χ1) is 10.2. The van der Waals surface area contributed by atoms with E-state index in [-0.39, 0.29) is 24.0 Å². The van der Waals surface area contributed by atoms with Gasteiger partial charge >= 0.3 is 0 Å². The van der Waals surface area contributed by atoms with Crippen molar-refractivity contribution in [2.24, 2.45) is 10.9 Å². The van der Waals surface area contributed by atoms with E-state index in [0.717, 1.165) is 43.4 Å². The molecule has 0 saturated heterocycles. The van der Waals surface area contributed by atoms with Crippen molar-refractivity contribution in [2.45, 2.75) is 26.7 Å². The van der Waals surface area contributed by atoms with Crippen LogP contribution < -0.4 is 20.1 Å². The quantitative estimate of drug-likeness (QED) is 0.423. The summed E-state index contributed by atoms with van der Waals surface area (Å²) in [5.41, 5.74) is 1.23. The molecule has 6 heteroatoms. The number of guanidine groups is 1. The van der Waals surface area contributed by atoms with Gasteiger partial charge in [0.15, 0.2) is 17.5 Å². The maximum absolute atomic E-state index is 5.38. The van der Waals surface area contributed by atoms with Gasteiger partial charge < -0.3 is 20.1 Å². The highest BCUT2D eigenvalue weighted by Gasteiger charge is 2.12. The van der Waals surface area contributed by atoms with Crippen molar-refractivity contribution in [2.75, 3.05) is 26.9 Å². The molecule has 0 fully saturated rings. The third kappa shape index (κ3) is 5.90. The lowest BCUT2D eigenvalue weighted by Gasteiger charge is -2.13. The number of halogens is 1. The van der Waals surface area contributed by atoms with Gasteiger partial charge in [0.05, 0.1) is 0 Å². The predicted octanol–water partition coefficient (Wildman–Crippen LogP) is 2.79. The monoisotopic (exact) mass is 419 g/mol. The van der Waals surface area contributed by atoms with Gasteiger partial charge in [-0.05, 0) is 36.5 Å². The van der Waals surface area contributed by atoms with E-state index in [4.69, 9.17) is 9.47 Å². The van der Waals surface area contributed by atoms with Gasteiger partial charge in [0.25, 0.3) is 0 Å². The van der Waals surface area contributed by atoms with Crippen LogP contribution in [0.5, 0.6) is 11.5 Å². The third-order valence-electron chi connectivity index (χ3n) is 3.38. The predicted molar refractivity (Wildman–Crippen MR) is 101 cm³/mol. The zero-order valence-electron chi connectivity index (χ0n) is 13.5. The molecule has 1 heterocycles. The normalized spacial score (nSPS) is 13.0. The first kappa shape index (κ1) is 18.9. The van der Waals surface area contributed by atoms with E-state index < -0.39 is 0 Å². The Morgan fingerprint density at radius 1 is 1.18 bits per heavy atom. The lowest BCUT2D eigenvalue weighted by atomic mass is 10.1. The van der Waals surface area contributed by atoms with Crippen LogP contribution >= 0.6 is 24.0 Å². The number of nitrogens with zero attached hydrogens (tertiary/aromatic N) is 1. The SMILES string of the molecule is CN=C(NCCc1ccc2c(c1)OCO2)NCCC(C)C.I. The van der Waals surface area contributed by atoms with Crippen molar-refractivity contribution in [3.63, 3.8) is 0 Å². The molecule has 0 saturated carbocycles. The molecule has 0 spiro atoms. The summed E-state index contributed by atoms with van der Waals surface area (Å²) >= 11 is 0. The number of hydrogen-bond donors (Lipinski definition) is 2. The van der Waals surface area contributed by atoms with Gasteiger partial charge in [-0.3, -0.25) is 4.99 Å². The minimum atomic E-state index is 0. The van der Waals surface area contributed by atoms with Crippen LogP contribution in [0.1, 0.15) is 25.8 Å². The van der Waals surface area contributed by atoms with E-state index in [2.05, 4.69) is 35.5 Å². The number of rotatable bonds is 6. The number of aliphatic imine (C=N–C) groups is 1. The van der Waals surface area contributed by atoms with Crippen LogP contribution in [0.2, 0.25) is 0 Å². The van der Waals surface area contributed by atoms with Crippen molar-refractivity contribution in [3.8, 4) is 11.5 Å². The highest BCUT2D eigenvalue weighted by molar-refractivity contribution is 14.0. The molecule has 0 atom stereocenters. The highest BCUT2D eigenvalue weighted by atomic mass is 127. The van der Waals surface area contributed by atoms with Crippen molar-refractivity contribution in [1.82, 2.24) is 10.6 Å². The summed E-state index contributed by atoms with van der Waals surface area (Å²) in [6.45, 7) is 6.54. The van der Waals surface area contributed by atoms with E-state index >= 15 is 0 Å². The molecular weight excluding hydrogens is 393 g/mol. The second-order valence-corrected chi connectivity index (χ2v) is 5.55. The van der Waals surface area contributed by atoms with Gasteiger partial charge in [-0.25, -0.2) is 0 Å². The molecule has 0 amide bonds. The second kappa shape index (κ2) is 9.76. The standard InChI is InChI=1S/C16H25N3O2.HI/c1-12(2)6-8-18-16(17-3)19-9-7-13-4-5-14-15(10-13)21-11-20-14;/h4-5,10,12H,6-9,11H2,1-3H3,(H2,17,18,19);1H.